The van der Waals surface area contributed by atoms with Gasteiger partial charge in [-0.1, -0.05) is 60.7 Å². The van der Waals surface area contributed by atoms with Crippen LogP contribution in [-0.2, 0) is 22.4 Å². The van der Waals surface area contributed by atoms with Gasteiger partial charge in [-0.05, 0) is 37.8 Å². The van der Waals surface area contributed by atoms with Gasteiger partial charge in [0.15, 0.2) is 0 Å². The van der Waals surface area contributed by atoms with Crippen molar-refractivity contribution in [1.82, 2.24) is 0 Å². The van der Waals surface area contributed by atoms with Crippen molar-refractivity contribution in [3.05, 3.63) is 71.8 Å². The molecule has 0 aromatic heterocycles. The van der Waals surface area contributed by atoms with Gasteiger partial charge in [-0.2, -0.15) is 0 Å². The summed E-state index contributed by atoms with van der Waals surface area (Å²) in [5.74, 6) is -1.00. The predicted molar refractivity (Wildman–Crippen MR) is 108 cm³/mol. The van der Waals surface area contributed by atoms with Gasteiger partial charge in [-0.15, -0.1) is 0 Å². The predicted octanol–water partition coefficient (Wildman–Crippen LogP) is 3.31. The topological polar surface area (TPSA) is 74.6 Å². The van der Waals surface area contributed by atoms with E-state index >= 15 is 0 Å². The fourth-order valence-electron chi connectivity index (χ4n) is 3.39. The van der Waals surface area contributed by atoms with Crippen molar-refractivity contribution < 1.29 is 19.2 Å². The highest BCUT2D eigenvalue weighted by atomic mass is 28.4. The molecule has 2 aromatic rings. The standard InChI is InChI=1S/C22H28O4Si/c1-17(23)21(13-19-9-5-3-6-10-19)15-27(25,26)16-22(18(2)24)14-20-11-7-4-8-12-20/h3-12,21-22,25-26H,13-16H2,1-2H3/t21-,22-/m1/s1. The van der Waals surface area contributed by atoms with Crippen LogP contribution in [0.1, 0.15) is 25.0 Å². The molecule has 0 heterocycles. The lowest BCUT2D eigenvalue weighted by Gasteiger charge is -2.26. The molecule has 2 rings (SSSR count). The molecule has 0 saturated carbocycles. The lowest BCUT2D eigenvalue weighted by atomic mass is 9.97. The van der Waals surface area contributed by atoms with Gasteiger partial charge in [-0.3, -0.25) is 9.59 Å². The van der Waals surface area contributed by atoms with E-state index in [1.807, 2.05) is 60.7 Å². The molecule has 2 N–H and O–H groups in total. The minimum absolute atomic E-state index is 0.0514. The maximum Gasteiger partial charge on any atom is 0.334 e. The second kappa shape index (κ2) is 9.74. The molecule has 2 atom stereocenters. The number of hydrogen-bond donors (Lipinski definition) is 2. The van der Waals surface area contributed by atoms with E-state index in [4.69, 9.17) is 0 Å². The Kier molecular flexibility index (Phi) is 7.65. The first-order valence-electron chi connectivity index (χ1n) is 9.30. The normalized spacial score (nSPS) is 13.8. The fourth-order valence-corrected chi connectivity index (χ4v) is 6.00. The van der Waals surface area contributed by atoms with Gasteiger partial charge >= 0.3 is 8.56 Å². The van der Waals surface area contributed by atoms with E-state index in [1.165, 1.54) is 13.8 Å². The van der Waals surface area contributed by atoms with Crippen LogP contribution in [0.3, 0.4) is 0 Å². The van der Waals surface area contributed by atoms with Gasteiger partial charge in [0.2, 0.25) is 0 Å². The molecule has 0 unspecified atom stereocenters. The third-order valence-electron chi connectivity index (χ3n) is 4.95. The molecule has 4 nitrogen and oxygen atoms in total. The van der Waals surface area contributed by atoms with E-state index in [1.54, 1.807) is 0 Å². The zero-order chi connectivity index (χ0) is 19.9. The van der Waals surface area contributed by atoms with Gasteiger partial charge in [0, 0.05) is 23.9 Å². The van der Waals surface area contributed by atoms with Crippen molar-refractivity contribution in [1.29, 1.82) is 0 Å². The highest BCUT2D eigenvalue weighted by Crippen LogP contribution is 2.26. The molecule has 0 bridgehead atoms. The summed E-state index contributed by atoms with van der Waals surface area (Å²) in [4.78, 5) is 45.5. The van der Waals surface area contributed by atoms with Gasteiger partial charge in [0.1, 0.15) is 11.6 Å². The van der Waals surface area contributed by atoms with Gasteiger partial charge in [0.05, 0.1) is 0 Å². The Morgan fingerprint density at radius 2 is 1.07 bits per heavy atom. The number of benzene rings is 2. The zero-order valence-electron chi connectivity index (χ0n) is 16.0. The first kappa shape index (κ1) is 21.2. The van der Waals surface area contributed by atoms with Crippen molar-refractivity contribution in [3.63, 3.8) is 0 Å². The second-order valence-corrected chi connectivity index (χ2v) is 10.2. The molecule has 0 radical (unpaired) electrons. The van der Waals surface area contributed by atoms with E-state index in [0.717, 1.165) is 11.1 Å². The van der Waals surface area contributed by atoms with Crippen molar-refractivity contribution in [2.75, 3.05) is 0 Å². The molecular weight excluding hydrogens is 356 g/mol. The Balaban J connectivity index is 2.06. The smallest absolute Gasteiger partial charge is 0.334 e. The second-order valence-electron chi connectivity index (χ2n) is 7.39. The monoisotopic (exact) mass is 384 g/mol. The molecule has 2 aromatic carbocycles. The summed E-state index contributed by atoms with van der Waals surface area (Å²) >= 11 is 0. The Hall–Kier alpha value is -2.08. The lowest BCUT2D eigenvalue weighted by molar-refractivity contribution is -0.120. The molecule has 5 heteroatoms. The van der Waals surface area contributed by atoms with Gasteiger partial charge in [-0.25, -0.2) is 0 Å². The van der Waals surface area contributed by atoms with E-state index in [9.17, 15) is 19.2 Å². The molecular formula is C22H28O4Si. The number of rotatable bonds is 10. The van der Waals surface area contributed by atoms with E-state index in [0.29, 0.717) is 12.8 Å². The zero-order valence-corrected chi connectivity index (χ0v) is 17.0. The van der Waals surface area contributed by atoms with Crippen LogP contribution in [0.5, 0.6) is 0 Å². The van der Waals surface area contributed by atoms with E-state index in [-0.39, 0.29) is 23.7 Å². The molecule has 0 aliphatic carbocycles. The summed E-state index contributed by atoms with van der Waals surface area (Å²) in [6, 6.07) is 19.3. The van der Waals surface area contributed by atoms with Crippen LogP contribution < -0.4 is 0 Å². The Labute approximate surface area is 162 Å². The lowest BCUT2D eigenvalue weighted by Crippen LogP contribution is -2.42. The summed E-state index contributed by atoms with van der Waals surface area (Å²) in [6.07, 6.45) is 0.963. The minimum atomic E-state index is -3.70. The molecule has 0 fully saturated rings. The molecule has 144 valence electrons. The summed E-state index contributed by atoms with van der Waals surface area (Å²) in [6.45, 7) is 2.98. The van der Waals surface area contributed by atoms with Crippen molar-refractivity contribution >= 4 is 20.1 Å². The highest BCUT2D eigenvalue weighted by Gasteiger charge is 2.38. The van der Waals surface area contributed by atoms with Crippen LogP contribution in [-0.4, -0.2) is 29.7 Å². The Morgan fingerprint density at radius 3 is 1.37 bits per heavy atom. The minimum Gasteiger partial charge on any atom is -0.411 e. The van der Waals surface area contributed by atoms with E-state index < -0.39 is 20.4 Å². The maximum atomic E-state index is 12.1. The number of carbonyl (C=O) groups is 2. The SMILES string of the molecule is CC(=O)[C@H](Cc1ccccc1)C[Si](O)(O)C[C@@H](Cc1ccccc1)C(C)=O. The van der Waals surface area contributed by atoms with Gasteiger partial charge < -0.3 is 9.59 Å². The molecule has 27 heavy (non-hydrogen) atoms. The molecule has 0 aliphatic rings. The molecule has 0 aliphatic heterocycles. The fraction of sp³-hybridized carbons (Fsp3) is 0.364. The third kappa shape index (κ3) is 7.21. The number of ketones is 2. The van der Waals surface area contributed by atoms with Crippen LogP contribution in [0, 0.1) is 11.8 Å². The maximum absolute atomic E-state index is 12.1. The van der Waals surface area contributed by atoms with Crippen LogP contribution >= 0.6 is 0 Å². The molecule has 0 amide bonds. The van der Waals surface area contributed by atoms with Gasteiger partial charge in [0.25, 0.3) is 0 Å². The quantitative estimate of drug-likeness (QED) is 0.616. The highest BCUT2D eigenvalue weighted by molar-refractivity contribution is 6.65. The van der Waals surface area contributed by atoms with Crippen molar-refractivity contribution in [3.8, 4) is 0 Å². The van der Waals surface area contributed by atoms with Crippen molar-refractivity contribution in [2.24, 2.45) is 11.8 Å². The Bertz CT molecular complexity index is 680. The van der Waals surface area contributed by atoms with Crippen molar-refractivity contribution in [2.45, 2.75) is 38.8 Å². The number of hydrogen-bond acceptors (Lipinski definition) is 4. The van der Waals surface area contributed by atoms with Crippen LogP contribution in [0.25, 0.3) is 0 Å². The summed E-state index contributed by atoms with van der Waals surface area (Å²) in [5, 5.41) is 0. The largest absolute Gasteiger partial charge is 0.411 e. The summed E-state index contributed by atoms with van der Waals surface area (Å²) in [5.41, 5.74) is 1.99. The first-order chi connectivity index (χ1) is 12.8. The van der Waals surface area contributed by atoms with Crippen LogP contribution in [0.15, 0.2) is 60.7 Å². The molecule has 0 saturated heterocycles. The van der Waals surface area contributed by atoms with Crippen LogP contribution in [0.2, 0.25) is 12.1 Å². The average molecular weight is 385 g/mol. The average Bonchev–Trinajstić information content (AvgIpc) is 2.62. The number of Topliss-reactive ketones (excluding diaryl/α,β-unsaturated/α-hetero) is 2. The van der Waals surface area contributed by atoms with E-state index in [2.05, 4.69) is 0 Å². The van der Waals surface area contributed by atoms with Crippen LogP contribution in [0.4, 0.5) is 0 Å². The summed E-state index contributed by atoms with van der Waals surface area (Å²) < 4.78 is 0. The summed E-state index contributed by atoms with van der Waals surface area (Å²) in [7, 11) is -3.70. The number of carbonyl (C=O) groups excluding carboxylic acids is 2. The Morgan fingerprint density at radius 1 is 0.741 bits per heavy atom. The third-order valence-corrected chi connectivity index (χ3v) is 7.24. The first-order valence-corrected chi connectivity index (χ1v) is 11.6. The molecule has 0 spiro atoms.